The first-order chi connectivity index (χ1) is 13.2. The van der Waals surface area contributed by atoms with Gasteiger partial charge >= 0.3 is 6.03 Å². The molecular formula is C20H21ClN4O2. The van der Waals surface area contributed by atoms with Crippen molar-refractivity contribution in [3.05, 3.63) is 59.1 Å². The fraction of sp³-hybridized carbons (Fsp3) is 0.300. The lowest BCUT2D eigenvalue weighted by Crippen LogP contribution is -2.38. The Kier molecular flexibility index (Phi) is 6.53. The molecule has 0 aliphatic carbocycles. The van der Waals surface area contributed by atoms with E-state index in [1.807, 2.05) is 36.4 Å². The van der Waals surface area contributed by atoms with Crippen molar-refractivity contribution >= 4 is 29.0 Å². The number of nitriles is 1. The number of ether oxygens (including phenoxy) is 1. The van der Waals surface area contributed by atoms with Gasteiger partial charge in [0.25, 0.3) is 0 Å². The average Bonchev–Trinajstić information content (AvgIpc) is 2.69. The zero-order valence-electron chi connectivity index (χ0n) is 14.8. The van der Waals surface area contributed by atoms with Crippen molar-refractivity contribution in [1.29, 1.82) is 5.26 Å². The molecule has 2 aromatic rings. The maximum atomic E-state index is 12.6. The van der Waals surface area contributed by atoms with Crippen molar-refractivity contribution in [2.24, 2.45) is 0 Å². The number of carbonyl (C=O) groups is 1. The minimum atomic E-state index is -0.387. The zero-order valence-corrected chi connectivity index (χ0v) is 15.6. The summed E-state index contributed by atoms with van der Waals surface area (Å²) in [6, 6.07) is 16.2. The third-order valence-electron chi connectivity index (χ3n) is 4.36. The first kappa shape index (κ1) is 19.0. The summed E-state index contributed by atoms with van der Waals surface area (Å²) in [6.07, 6.45) is 0.184. The number of halogens is 1. The van der Waals surface area contributed by atoms with Crippen LogP contribution in [0.25, 0.3) is 0 Å². The van der Waals surface area contributed by atoms with Crippen LogP contribution in [0, 0.1) is 11.3 Å². The first-order valence-corrected chi connectivity index (χ1v) is 9.17. The molecule has 2 amide bonds. The van der Waals surface area contributed by atoms with Gasteiger partial charge < -0.3 is 20.3 Å². The van der Waals surface area contributed by atoms with Crippen LogP contribution in [0.1, 0.15) is 18.0 Å². The Morgan fingerprint density at radius 2 is 1.93 bits per heavy atom. The van der Waals surface area contributed by atoms with E-state index in [9.17, 15) is 4.79 Å². The zero-order chi connectivity index (χ0) is 19.1. The number of nitrogens with one attached hydrogen (secondary N) is 2. The summed E-state index contributed by atoms with van der Waals surface area (Å²) >= 11 is 6.40. The summed E-state index contributed by atoms with van der Waals surface area (Å²) in [5, 5.41) is 15.4. The van der Waals surface area contributed by atoms with Crippen LogP contribution in [0.4, 0.5) is 16.2 Å². The van der Waals surface area contributed by atoms with E-state index in [2.05, 4.69) is 21.6 Å². The Morgan fingerprint density at radius 1 is 1.19 bits per heavy atom. The molecule has 0 unspecified atom stereocenters. The number of rotatable bonds is 5. The standard InChI is InChI=1S/C20H21ClN4O2/c21-16-7-4-8-18(19(16)25-11-13-27-14-12-25)24-20(26)23-17(9-10-22)15-5-2-1-3-6-15/h1-8,17H,9,11-14H2,(H2,23,24,26)/t17-/m0/s1. The summed E-state index contributed by atoms with van der Waals surface area (Å²) < 4.78 is 5.40. The monoisotopic (exact) mass is 384 g/mol. The lowest BCUT2D eigenvalue weighted by Gasteiger charge is -2.31. The molecule has 0 radical (unpaired) electrons. The minimum absolute atomic E-state index is 0.184. The number of carbonyl (C=O) groups excluding carboxylic acids is 1. The number of para-hydroxylation sites is 1. The Bertz CT molecular complexity index is 816. The van der Waals surface area contributed by atoms with Crippen molar-refractivity contribution in [1.82, 2.24) is 5.32 Å². The largest absolute Gasteiger partial charge is 0.378 e. The summed E-state index contributed by atoms with van der Waals surface area (Å²) in [5.74, 6) is 0. The quantitative estimate of drug-likeness (QED) is 0.818. The van der Waals surface area contributed by atoms with Crippen molar-refractivity contribution < 1.29 is 9.53 Å². The Labute approximate surface area is 163 Å². The average molecular weight is 385 g/mol. The van der Waals surface area contributed by atoms with Crippen LogP contribution in [0.15, 0.2) is 48.5 Å². The lowest BCUT2D eigenvalue weighted by atomic mass is 10.0. The van der Waals surface area contributed by atoms with Gasteiger partial charge in [-0.15, -0.1) is 0 Å². The number of hydrogen-bond acceptors (Lipinski definition) is 4. The Morgan fingerprint density at radius 3 is 2.63 bits per heavy atom. The van der Waals surface area contributed by atoms with Gasteiger partial charge in [0.15, 0.2) is 0 Å². The number of benzene rings is 2. The van der Waals surface area contributed by atoms with Gasteiger partial charge in [-0.3, -0.25) is 0 Å². The van der Waals surface area contributed by atoms with Crippen LogP contribution in [0.2, 0.25) is 5.02 Å². The molecule has 0 bridgehead atoms. The molecule has 0 saturated carbocycles. The molecule has 0 spiro atoms. The molecule has 1 aliphatic rings. The second-order valence-corrected chi connectivity index (χ2v) is 6.57. The lowest BCUT2D eigenvalue weighted by molar-refractivity contribution is 0.123. The van der Waals surface area contributed by atoms with Crippen molar-refractivity contribution in [3.8, 4) is 6.07 Å². The topological polar surface area (TPSA) is 77.4 Å². The van der Waals surface area contributed by atoms with Crippen LogP contribution < -0.4 is 15.5 Å². The van der Waals surface area contributed by atoms with Crippen LogP contribution in [0.5, 0.6) is 0 Å². The van der Waals surface area contributed by atoms with Gasteiger partial charge in [0.2, 0.25) is 0 Å². The predicted molar refractivity (Wildman–Crippen MR) is 106 cm³/mol. The number of nitrogens with zero attached hydrogens (tertiary/aromatic N) is 2. The van der Waals surface area contributed by atoms with Gasteiger partial charge in [-0.2, -0.15) is 5.26 Å². The third-order valence-corrected chi connectivity index (χ3v) is 4.67. The number of hydrogen-bond donors (Lipinski definition) is 2. The molecular weight excluding hydrogens is 364 g/mol. The highest BCUT2D eigenvalue weighted by Gasteiger charge is 2.20. The normalized spacial score (nSPS) is 14.9. The molecule has 3 rings (SSSR count). The van der Waals surface area contributed by atoms with E-state index >= 15 is 0 Å². The van der Waals surface area contributed by atoms with E-state index in [4.69, 9.17) is 21.6 Å². The van der Waals surface area contributed by atoms with E-state index in [0.29, 0.717) is 37.0 Å². The molecule has 1 heterocycles. The molecule has 7 heteroatoms. The summed E-state index contributed by atoms with van der Waals surface area (Å²) in [6.45, 7) is 2.66. The highest BCUT2D eigenvalue weighted by Crippen LogP contribution is 2.34. The van der Waals surface area contributed by atoms with Gasteiger partial charge in [0, 0.05) is 13.1 Å². The maximum Gasteiger partial charge on any atom is 0.319 e. The molecule has 2 aromatic carbocycles. The molecule has 140 valence electrons. The highest BCUT2D eigenvalue weighted by atomic mass is 35.5. The summed E-state index contributed by atoms with van der Waals surface area (Å²) in [7, 11) is 0. The van der Waals surface area contributed by atoms with Crippen LogP contribution >= 0.6 is 11.6 Å². The minimum Gasteiger partial charge on any atom is -0.378 e. The van der Waals surface area contributed by atoms with Crippen molar-refractivity contribution in [2.45, 2.75) is 12.5 Å². The molecule has 1 fully saturated rings. The van der Waals surface area contributed by atoms with E-state index < -0.39 is 0 Å². The van der Waals surface area contributed by atoms with E-state index in [1.54, 1.807) is 12.1 Å². The Hall–Kier alpha value is -2.75. The number of anilines is 2. The molecule has 1 atom stereocenters. The molecule has 6 nitrogen and oxygen atoms in total. The second-order valence-electron chi connectivity index (χ2n) is 6.16. The van der Waals surface area contributed by atoms with Gasteiger partial charge in [0.1, 0.15) is 0 Å². The predicted octanol–water partition coefficient (Wildman–Crippen LogP) is 3.95. The van der Waals surface area contributed by atoms with Crippen LogP contribution in [0.3, 0.4) is 0 Å². The van der Waals surface area contributed by atoms with Gasteiger partial charge in [-0.25, -0.2) is 4.79 Å². The summed E-state index contributed by atoms with van der Waals surface area (Å²) in [5.41, 5.74) is 2.30. The third kappa shape index (κ3) is 4.91. The van der Waals surface area contributed by atoms with Gasteiger partial charge in [-0.05, 0) is 17.7 Å². The number of urea groups is 1. The second kappa shape index (κ2) is 9.26. The van der Waals surface area contributed by atoms with E-state index in [0.717, 1.165) is 11.3 Å². The number of amides is 2. The Balaban J connectivity index is 1.75. The van der Waals surface area contributed by atoms with Crippen LogP contribution in [-0.2, 0) is 4.74 Å². The van der Waals surface area contributed by atoms with Gasteiger partial charge in [-0.1, -0.05) is 48.0 Å². The number of morpholine rings is 1. The molecule has 2 N–H and O–H groups in total. The van der Waals surface area contributed by atoms with Crippen molar-refractivity contribution in [3.63, 3.8) is 0 Å². The SMILES string of the molecule is N#CC[C@H](NC(=O)Nc1cccc(Cl)c1N1CCOCC1)c1ccccc1. The first-order valence-electron chi connectivity index (χ1n) is 8.79. The summed E-state index contributed by atoms with van der Waals surface area (Å²) in [4.78, 5) is 14.7. The van der Waals surface area contributed by atoms with E-state index in [-0.39, 0.29) is 18.5 Å². The highest BCUT2D eigenvalue weighted by molar-refractivity contribution is 6.34. The molecule has 1 saturated heterocycles. The maximum absolute atomic E-state index is 12.6. The smallest absolute Gasteiger partial charge is 0.319 e. The molecule has 0 aromatic heterocycles. The van der Waals surface area contributed by atoms with Crippen LogP contribution in [-0.4, -0.2) is 32.3 Å². The molecule has 1 aliphatic heterocycles. The van der Waals surface area contributed by atoms with Gasteiger partial charge in [0.05, 0.1) is 48.1 Å². The fourth-order valence-corrected chi connectivity index (χ4v) is 3.36. The van der Waals surface area contributed by atoms with Crippen molar-refractivity contribution in [2.75, 3.05) is 36.5 Å². The fourth-order valence-electron chi connectivity index (χ4n) is 3.07. The molecule has 27 heavy (non-hydrogen) atoms. The van der Waals surface area contributed by atoms with E-state index in [1.165, 1.54) is 0 Å².